The van der Waals surface area contributed by atoms with Gasteiger partial charge in [0, 0.05) is 28.1 Å². The van der Waals surface area contributed by atoms with Gasteiger partial charge in [0.15, 0.2) is 0 Å². The minimum atomic E-state index is -3.57. The van der Waals surface area contributed by atoms with Crippen molar-refractivity contribution in [1.29, 1.82) is 0 Å². The average Bonchev–Trinajstić information content (AvgIpc) is 3.19. The van der Waals surface area contributed by atoms with Gasteiger partial charge >= 0.3 is 0 Å². The van der Waals surface area contributed by atoms with Crippen molar-refractivity contribution in [2.75, 3.05) is 13.1 Å². The maximum Gasteiger partial charge on any atom is 0.243 e. The van der Waals surface area contributed by atoms with Crippen molar-refractivity contribution in [2.45, 2.75) is 23.7 Å². The average molecular weight is 483 g/mol. The molecule has 1 saturated heterocycles. The Kier molecular flexibility index (Phi) is 5.55. The Balaban J connectivity index is 1.55. The zero-order valence-corrected chi connectivity index (χ0v) is 17.9. The topological polar surface area (TPSA) is 76.3 Å². The number of sulfonamides is 1. The Bertz CT molecular complexity index is 1090. The van der Waals surface area contributed by atoms with Gasteiger partial charge in [-0.1, -0.05) is 44.8 Å². The van der Waals surface area contributed by atoms with E-state index in [0.29, 0.717) is 29.8 Å². The first-order valence-corrected chi connectivity index (χ1v) is 11.4. The van der Waals surface area contributed by atoms with Crippen molar-refractivity contribution in [3.8, 4) is 11.4 Å². The molecule has 0 N–H and O–H groups in total. The summed E-state index contributed by atoms with van der Waals surface area (Å²) in [5.41, 5.74) is 0.762. The number of nitrogens with zero attached hydrogens (tertiary/aromatic N) is 3. The molecule has 4 rings (SSSR count). The SMILES string of the molecule is O=S(=O)(c1ccc(Br)cc1)N1CCC[C@@H](c2nc(-c3cccc(Cl)c3)no2)C1. The lowest BCUT2D eigenvalue weighted by Gasteiger charge is -2.30. The van der Waals surface area contributed by atoms with Crippen molar-refractivity contribution >= 4 is 37.6 Å². The molecule has 0 amide bonds. The summed E-state index contributed by atoms with van der Waals surface area (Å²) in [6.07, 6.45) is 1.53. The molecule has 1 fully saturated rings. The second-order valence-electron chi connectivity index (χ2n) is 6.62. The smallest absolute Gasteiger partial charge is 0.243 e. The zero-order chi connectivity index (χ0) is 19.7. The summed E-state index contributed by atoms with van der Waals surface area (Å²) in [5.74, 6) is 0.760. The van der Waals surface area contributed by atoms with Crippen LogP contribution in [0.2, 0.25) is 5.02 Å². The quantitative estimate of drug-likeness (QED) is 0.538. The Morgan fingerprint density at radius 2 is 1.96 bits per heavy atom. The normalized spacial score (nSPS) is 18.3. The van der Waals surface area contributed by atoms with Crippen LogP contribution in [-0.4, -0.2) is 36.0 Å². The van der Waals surface area contributed by atoms with Crippen molar-refractivity contribution < 1.29 is 12.9 Å². The third-order valence-corrected chi connectivity index (χ3v) is 7.35. The van der Waals surface area contributed by atoms with Gasteiger partial charge in [-0.05, 0) is 49.2 Å². The summed E-state index contributed by atoms with van der Waals surface area (Å²) in [7, 11) is -3.57. The summed E-state index contributed by atoms with van der Waals surface area (Å²) in [5, 5.41) is 4.63. The number of halogens is 2. The molecule has 0 spiro atoms. The van der Waals surface area contributed by atoms with Gasteiger partial charge in [-0.25, -0.2) is 8.42 Å². The Labute approximate surface area is 176 Å². The first-order valence-electron chi connectivity index (χ1n) is 8.79. The van der Waals surface area contributed by atoms with Crippen LogP contribution in [0.5, 0.6) is 0 Å². The second-order valence-corrected chi connectivity index (χ2v) is 9.91. The lowest BCUT2D eigenvalue weighted by Crippen LogP contribution is -2.39. The minimum Gasteiger partial charge on any atom is -0.339 e. The number of rotatable bonds is 4. The highest BCUT2D eigenvalue weighted by Gasteiger charge is 2.33. The molecule has 0 bridgehead atoms. The Hall–Kier alpha value is -1.74. The molecule has 0 saturated carbocycles. The Morgan fingerprint density at radius 3 is 2.71 bits per heavy atom. The fraction of sp³-hybridized carbons (Fsp3) is 0.263. The van der Waals surface area contributed by atoms with Crippen molar-refractivity contribution in [2.24, 2.45) is 0 Å². The van der Waals surface area contributed by atoms with Crippen LogP contribution in [0, 0.1) is 0 Å². The molecule has 0 radical (unpaired) electrons. The van der Waals surface area contributed by atoms with Gasteiger partial charge in [-0.15, -0.1) is 0 Å². The lowest BCUT2D eigenvalue weighted by atomic mass is 10.00. The third kappa shape index (κ3) is 4.00. The molecule has 146 valence electrons. The summed E-state index contributed by atoms with van der Waals surface area (Å²) >= 11 is 9.36. The van der Waals surface area contributed by atoms with E-state index in [9.17, 15) is 8.42 Å². The molecule has 1 aliphatic rings. The van der Waals surface area contributed by atoms with Crippen LogP contribution in [0.15, 0.2) is 62.4 Å². The van der Waals surface area contributed by atoms with E-state index in [1.165, 1.54) is 4.31 Å². The molecule has 1 aromatic heterocycles. The van der Waals surface area contributed by atoms with Gasteiger partial charge < -0.3 is 4.52 Å². The van der Waals surface area contributed by atoms with Gasteiger partial charge in [0.25, 0.3) is 0 Å². The standard InChI is InChI=1S/C19H17BrClN3O3S/c20-15-6-8-17(9-7-15)28(25,26)24-10-2-4-14(12-24)19-22-18(23-27-19)13-3-1-5-16(21)11-13/h1,3,5-9,11,14H,2,4,10,12H2/t14-/m1/s1. The molecule has 1 atom stereocenters. The molecule has 0 aliphatic carbocycles. The fourth-order valence-corrected chi connectivity index (χ4v) is 5.24. The van der Waals surface area contributed by atoms with Crippen molar-refractivity contribution in [1.82, 2.24) is 14.4 Å². The lowest BCUT2D eigenvalue weighted by molar-refractivity contribution is 0.265. The highest BCUT2D eigenvalue weighted by Crippen LogP contribution is 2.31. The van der Waals surface area contributed by atoms with Crippen molar-refractivity contribution in [3.05, 3.63) is 63.9 Å². The van der Waals surface area contributed by atoms with Crippen LogP contribution >= 0.6 is 27.5 Å². The van der Waals surface area contributed by atoms with Crippen LogP contribution < -0.4 is 0 Å². The number of hydrogen-bond acceptors (Lipinski definition) is 5. The zero-order valence-electron chi connectivity index (χ0n) is 14.8. The van der Waals surface area contributed by atoms with Crippen LogP contribution in [0.25, 0.3) is 11.4 Å². The molecule has 2 heterocycles. The van der Waals surface area contributed by atoms with Gasteiger partial charge in [-0.2, -0.15) is 9.29 Å². The Morgan fingerprint density at radius 1 is 1.18 bits per heavy atom. The molecular formula is C19H17BrClN3O3S. The molecule has 9 heteroatoms. The van der Waals surface area contributed by atoms with Crippen LogP contribution in [0.1, 0.15) is 24.7 Å². The molecule has 1 aliphatic heterocycles. The van der Waals surface area contributed by atoms with Gasteiger partial charge in [-0.3, -0.25) is 0 Å². The van der Waals surface area contributed by atoms with E-state index in [1.807, 2.05) is 12.1 Å². The van der Waals surface area contributed by atoms with E-state index in [2.05, 4.69) is 26.1 Å². The van der Waals surface area contributed by atoms with Crippen LogP contribution in [-0.2, 0) is 10.0 Å². The maximum atomic E-state index is 13.0. The molecule has 2 aromatic carbocycles. The number of benzene rings is 2. The molecule has 3 aromatic rings. The summed E-state index contributed by atoms with van der Waals surface area (Å²) in [6.45, 7) is 0.791. The predicted octanol–water partition coefficient (Wildman–Crippen LogP) is 4.72. The first kappa shape index (κ1) is 19.6. The molecule has 28 heavy (non-hydrogen) atoms. The highest BCUT2D eigenvalue weighted by molar-refractivity contribution is 9.10. The number of aromatic nitrogens is 2. The van der Waals surface area contributed by atoms with E-state index in [0.717, 1.165) is 22.9 Å². The van der Waals surface area contributed by atoms with E-state index in [1.54, 1.807) is 36.4 Å². The van der Waals surface area contributed by atoms with E-state index in [4.69, 9.17) is 16.1 Å². The molecule has 6 nitrogen and oxygen atoms in total. The maximum absolute atomic E-state index is 13.0. The number of piperidine rings is 1. The predicted molar refractivity (Wildman–Crippen MR) is 110 cm³/mol. The number of hydrogen-bond donors (Lipinski definition) is 0. The van der Waals surface area contributed by atoms with Crippen LogP contribution in [0.4, 0.5) is 0 Å². The van der Waals surface area contributed by atoms with E-state index in [-0.39, 0.29) is 10.8 Å². The van der Waals surface area contributed by atoms with E-state index >= 15 is 0 Å². The van der Waals surface area contributed by atoms with Gasteiger partial charge in [0.1, 0.15) is 0 Å². The van der Waals surface area contributed by atoms with Gasteiger partial charge in [0.05, 0.1) is 10.8 Å². The fourth-order valence-electron chi connectivity index (χ4n) is 3.26. The summed E-state index contributed by atoms with van der Waals surface area (Å²) in [6, 6.07) is 13.9. The summed E-state index contributed by atoms with van der Waals surface area (Å²) in [4.78, 5) is 4.76. The van der Waals surface area contributed by atoms with Gasteiger partial charge in [0.2, 0.25) is 21.7 Å². The third-order valence-electron chi connectivity index (χ3n) is 4.71. The van der Waals surface area contributed by atoms with Crippen molar-refractivity contribution in [3.63, 3.8) is 0 Å². The second kappa shape index (κ2) is 7.94. The monoisotopic (exact) mass is 481 g/mol. The van der Waals surface area contributed by atoms with Crippen LogP contribution in [0.3, 0.4) is 0 Å². The summed E-state index contributed by atoms with van der Waals surface area (Å²) < 4.78 is 33.7. The highest BCUT2D eigenvalue weighted by atomic mass is 79.9. The molecular weight excluding hydrogens is 466 g/mol. The first-order chi connectivity index (χ1) is 13.4. The largest absolute Gasteiger partial charge is 0.339 e. The molecule has 0 unspecified atom stereocenters. The minimum absolute atomic E-state index is 0.139. The van der Waals surface area contributed by atoms with E-state index < -0.39 is 10.0 Å².